The summed E-state index contributed by atoms with van der Waals surface area (Å²) >= 11 is 0. The van der Waals surface area contributed by atoms with E-state index in [4.69, 9.17) is 4.74 Å². The van der Waals surface area contributed by atoms with E-state index in [2.05, 4.69) is 15.0 Å². The maximum atomic E-state index is 13.1. The third kappa shape index (κ3) is 4.05. The first-order valence-electron chi connectivity index (χ1n) is 10.9. The number of amides is 1. The van der Waals surface area contributed by atoms with Gasteiger partial charge in [-0.05, 0) is 38.0 Å². The second-order valence-corrected chi connectivity index (χ2v) is 8.25. The predicted octanol–water partition coefficient (Wildman–Crippen LogP) is 1.58. The zero-order chi connectivity index (χ0) is 22.8. The minimum atomic E-state index is -0.668. The predicted molar refractivity (Wildman–Crippen MR) is 118 cm³/mol. The molecule has 2 aromatic rings. The number of likely N-dealkylation sites (tertiary alicyclic amines) is 1. The van der Waals surface area contributed by atoms with Gasteiger partial charge in [0.15, 0.2) is 0 Å². The summed E-state index contributed by atoms with van der Waals surface area (Å²) in [4.78, 5) is 34.1. The lowest BCUT2D eigenvalue weighted by molar-refractivity contribution is -0.140. The van der Waals surface area contributed by atoms with Gasteiger partial charge in [0.1, 0.15) is 5.76 Å². The highest BCUT2D eigenvalue weighted by atomic mass is 16.5. The van der Waals surface area contributed by atoms with Crippen LogP contribution in [0.4, 0.5) is 0 Å². The molecule has 0 radical (unpaired) electrons. The van der Waals surface area contributed by atoms with Gasteiger partial charge in [0.05, 0.1) is 36.1 Å². The largest absolute Gasteiger partial charge is 0.507 e. The lowest BCUT2D eigenvalue weighted by Crippen LogP contribution is -2.38. The Labute approximate surface area is 187 Å². The summed E-state index contributed by atoms with van der Waals surface area (Å²) < 4.78 is 7.05. The van der Waals surface area contributed by atoms with Gasteiger partial charge in [0.25, 0.3) is 11.7 Å². The van der Waals surface area contributed by atoms with Gasteiger partial charge in [0, 0.05) is 51.3 Å². The van der Waals surface area contributed by atoms with E-state index < -0.39 is 17.7 Å². The molecule has 2 saturated heterocycles. The molecule has 2 aromatic heterocycles. The van der Waals surface area contributed by atoms with Crippen LogP contribution < -0.4 is 0 Å². The Morgan fingerprint density at radius 3 is 2.47 bits per heavy atom. The van der Waals surface area contributed by atoms with Gasteiger partial charge in [-0.25, -0.2) is 0 Å². The van der Waals surface area contributed by atoms with Crippen LogP contribution in [0.15, 0.2) is 30.1 Å². The Bertz CT molecular complexity index is 1040. The summed E-state index contributed by atoms with van der Waals surface area (Å²) in [6, 6.07) is 2.89. The van der Waals surface area contributed by atoms with Crippen LogP contribution in [0, 0.1) is 13.8 Å². The molecule has 2 fully saturated rings. The third-order valence-corrected chi connectivity index (χ3v) is 6.28. The summed E-state index contributed by atoms with van der Waals surface area (Å²) in [7, 11) is 1.78. The fourth-order valence-electron chi connectivity index (χ4n) is 4.54. The van der Waals surface area contributed by atoms with Crippen LogP contribution in [0.25, 0.3) is 5.76 Å². The number of ketones is 1. The number of rotatable bonds is 6. The molecule has 2 aliphatic heterocycles. The number of Topliss-reactive ketones (excluding diaryl/α,β-unsaturated/α-hetero) is 1. The minimum absolute atomic E-state index is 0.103. The van der Waals surface area contributed by atoms with E-state index >= 15 is 0 Å². The smallest absolute Gasteiger partial charge is 0.295 e. The molecule has 4 heterocycles. The van der Waals surface area contributed by atoms with E-state index in [1.54, 1.807) is 48.1 Å². The van der Waals surface area contributed by atoms with Crippen molar-refractivity contribution in [1.82, 2.24) is 24.6 Å². The average Bonchev–Trinajstić information content (AvgIpc) is 3.20. The summed E-state index contributed by atoms with van der Waals surface area (Å²) in [6.45, 7) is 8.00. The van der Waals surface area contributed by atoms with Gasteiger partial charge in [-0.3, -0.25) is 24.2 Å². The number of ether oxygens (including phenoxy) is 1. The molecule has 9 nitrogen and oxygen atoms in total. The summed E-state index contributed by atoms with van der Waals surface area (Å²) in [6.07, 6.45) is 3.98. The molecule has 32 heavy (non-hydrogen) atoms. The van der Waals surface area contributed by atoms with Crippen LogP contribution in [-0.4, -0.2) is 80.8 Å². The maximum absolute atomic E-state index is 13.1. The van der Waals surface area contributed by atoms with Gasteiger partial charge in [-0.1, -0.05) is 0 Å². The summed E-state index contributed by atoms with van der Waals surface area (Å²) in [5.41, 5.74) is 2.68. The van der Waals surface area contributed by atoms with Crippen molar-refractivity contribution in [2.24, 2.45) is 7.05 Å². The lowest BCUT2D eigenvalue weighted by atomic mass is 9.95. The first kappa shape index (κ1) is 22.2. The van der Waals surface area contributed by atoms with Crippen LogP contribution in [-0.2, 0) is 21.4 Å². The zero-order valence-corrected chi connectivity index (χ0v) is 18.7. The van der Waals surface area contributed by atoms with Crippen molar-refractivity contribution >= 4 is 17.4 Å². The van der Waals surface area contributed by atoms with E-state index in [1.807, 2.05) is 6.92 Å². The Morgan fingerprint density at radius 1 is 1.16 bits per heavy atom. The Morgan fingerprint density at radius 2 is 1.84 bits per heavy atom. The van der Waals surface area contributed by atoms with Crippen LogP contribution in [0.3, 0.4) is 0 Å². The molecule has 1 amide bonds. The first-order chi connectivity index (χ1) is 15.4. The van der Waals surface area contributed by atoms with Crippen LogP contribution >= 0.6 is 0 Å². The van der Waals surface area contributed by atoms with Crippen molar-refractivity contribution in [1.29, 1.82) is 0 Å². The molecule has 4 rings (SSSR count). The van der Waals surface area contributed by atoms with Crippen LogP contribution in [0.1, 0.15) is 35.0 Å². The van der Waals surface area contributed by atoms with E-state index in [0.717, 1.165) is 37.3 Å². The van der Waals surface area contributed by atoms with Gasteiger partial charge in [0.2, 0.25) is 0 Å². The van der Waals surface area contributed by atoms with Crippen molar-refractivity contribution in [3.05, 3.63) is 52.6 Å². The molecule has 2 aliphatic rings. The fraction of sp³-hybridized carbons (Fsp3) is 0.478. The Balaban J connectivity index is 1.69. The molecule has 0 spiro atoms. The average molecular weight is 440 g/mol. The minimum Gasteiger partial charge on any atom is -0.507 e. The van der Waals surface area contributed by atoms with E-state index in [1.165, 1.54) is 0 Å². The molecule has 1 N–H and O–H groups in total. The number of carbonyl (C=O) groups excluding carboxylic acids is 2. The van der Waals surface area contributed by atoms with Crippen molar-refractivity contribution in [3.8, 4) is 0 Å². The maximum Gasteiger partial charge on any atom is 0.295 e. The summed E-state index contributed by atoms with van der Waals surface area (Å²) in [5, 5.41) is 15.6. The molecule has 0 bridgehead atoms. The molecular weight excluding hydrogens is 410 g/mol. The quantitative estimate of drug-likeness (QED) is 0.414. The highest BCUT2D eigenvalue weighted by Crippen LogP contribution is 2.40. The number of carbonyl (C=O) groups is 2. The number of aliphatic hydroxyl groups is 1. The monoisotopic (exact) mass is 439 g/mol. The van der Waals surface area contributed by atoms with Crippen LogP contribution in [0.5, 0.6) is 0 Å². The number of aliphatic hydroxyl groups excluding tert-OH is 1. The number of aryl methyl sites for hydroxylation is 2. The summed E-state index contributed by atoms with van der Waals surface area (Å²) in [5.74, 6) is -1.43. The van der Waals surface area contributed by atoms with Crippen molar-refractivity contribution in [2.75, 3.05) is 39.4 Å². The van der Waals surface area contributed by atoms with Crippen molar-refractivity contribution in [3.63, 3.8) is 0 Å². The van der Waals surface area contributed by atoms with Crippen LogP contribution in [0.2, 0.25) is 0 Å². The lowest BCUT2D eigenvalue weighted by Gasteiger charge is -2.29. The molecule has 0 aromatic carbocycles. The number of hydrogen-bond donors (Lipinski definition) is 1. The fourth-order valence-corrected chi connectivity index (χ4v) is 4.54. The first-order valence-corrected chi connectivity index (χ1v) is 10.9. The van der Waals surface area contributed by atoms with Gasteiger partial charge >= 0.3 is 0 Å². The Kier molecular flexibility index (Phi) is 6.38. The molecule has 0 saturated carbocycles. The second-order valence-electron chi connectivity index (χ2n) is 8.25. The SMILES string of the molecule is Cc1nn(C)c(C)c1/C(O)=C1\C(=O)C(=O)N(CCCN2CCOCC2)[C@H]1c1ccncc1. The third-order valence-electron chi connectivity index (χ3n) is 6.28. The van der Waals surface area contributed by atoms with E-state index in [9.17, 15) is 14.7 Å². The number of hydrogen-bond acceptors (Lipinski definition) is 7. The van der Waals surface area contributed by atoms with Crippen molar-refractivity contribution < 1.29 is 19.4 Å². The Hall–Kier alpha value is -3.04. The van der Waals surface area contributed by atoms with Gasteiger partial charge in [-0.15, -0.1) is 0 Å². The highest BCUT2D eigenvalue weighted by Gasteiger charge is 2.46. The van der Waals surface area contributed by atoms with Gasteiger partial charge in [-0.2, -0.15) is 5.10 Å². The second kappa shape index (κ2) is 9.22. The topological polar surface area (TPSA) is 101 Å². The number of aromatic nitrogens is 3. The molecule has 9 heteroatoms. The number of pyridine rings is 1. The number of nitrogens with zero attached hydrogens (tertiary/aromatic N) is 5. The standard InChI is InChI=1S/C23H29N5O4/c1-15-18(16(2)26(3)25-15)21(29)19-20(17-5-7-24-8-6-17)28(23(31)22(19)30)10-4-9-27-11-13-32-14-12-27/h5-8,20,29H,4,9-14H2,1-3H3/b21-19+/t20-/m0/s1. The molecule has 0 unspecified atom stereocenters. The molecule has 0 aliphatic carbocycles. The molecule has 170 valence electrons. The normalized spacial score (nSPS) is 21.5. The number of morpholine rings is 1. The highest BCUT2D eigenvalue weighted by molar-refractivity contribution is 6.46. The van der Waals surface area contributed by atoms with E-state index in [-0.39, 0.29) is 11.3 Å². The molecular formula is C23H29N5O4. The van der Waals surface area contributed by atoms with Gasteiger partial charge < -0.3 is 14.7 Å². The molecule has 1 atom stereocenters. The van der Waals surface area contributed by atoms with Crippen molar-refractivity contribution in [2.45, 2.75) is 26.3 Å². The van der Waals surface area contributed by atoms with E-state index in [0.29, 0.717) is 31.0 Å². The zero-order valence-electron chi connectivity index (χ0n) is 18.7.